The average Bonchev–Trinajstić information content (AvgIpc) is 3.13. The van der Waals surface area contributed by atoms with Gasteiger partial charge < -0.3 is 14.2 Å². The Morgan fingerprint density at radius 2 is 1.78 bits per heavy atom. The average molecular weight is 627 g/mol. The van der Waals surface area contributed by atoms with Crippen molar-refractivity contribution in [2.24, 2.45) is 0 Å². The van der Waals surface area contributed by atoms with Gasteiger partial charge in [-0.1, -0.05) is 29.3 Å². The molecule has 11 heteroatoms. The predicted molar refractivity (Wildman–Crippen MR) is 146 cm³/mol. The molecule has 1 aliphatic heterocycles. The summed E-state index contributed by atoms with van der Waals surface area (Å²) in [5.41, 5.74) is 1.46. The fourth-order valence-corrected chi connectivity index (χ4v) is 5.14. The van der Waals surface area contributed by atoms with Crippen molar-refractivity contribution in [2.45, 2.75) is 6.61 Å². The zero-order valence-corrected chi connectivity index (χ0v) is 23.2. The lowest BCUT2D eigenvalue weighted by molar-refractivity contribution is -0.123. The first-order chi connectivity index (χ1) is 17.7. The van der Waals surface area contributed by atoms with E-state index in [2.05, 4.69) is 15.9 Å². The Labute approximate surface area is 235 Å². The molecule has 1 aliphatic rings. The van der Waals surface area contributed by atoms with Gasteiger partial charge in [0.1, 0.15) is 24.8 Å². The molecule has 4 rings (SSSR count). The van der Waals surface area contributed by atoms with E-state index in [1.54, 1.807) is 30.3 Å². The highest BCUT2D eigenvalue weighted by atomic mass is 79.9. The largest absolute Gasteiger partial charge is 0.493 e. The molecule has 0 unspecified atom stereocenters. The van der Waals surface area contributed by atoms with Crippen LogP contribution in [-0.2, 0) is 11.4 Å². The van der Waals surface area contributed by atoms with Gasteiger partial charge in [-0.3, -0.25) is 14.5 Å². The number of carbonyl (C=O) groups is 2. The highest BCUT2D eigenvalue weighted by molar-refractivity contribution is 9.10. The molecule has 1 saturated heterocycles. The number of ether oxygens (including phenoxy) is 3. The van der Waals surface area contributed by atoms with Gasteiger partial charge in [-0.2, -0.15) is 0 Å². The van der Waals surface area contributed by atoms with E-state index >= 15 is 0 Å². The summed E-state index contributed by atoms with van der Waals surface area (Å²) in [5.74, 6) is 0.553. The number of amides is 2. The van der Waals surface area contributed by atoms with Crippen molar-refractivity contribution in [3.05, 3.63) is 91.0 Å². The lowest BCUT2D eigenvalue weighted by Gasteiger charge is -2.14. The Hall–Kier alpha value is -2.72. The number of halogens is 4. The Kier molecular flexibility index (Phi) is 9.02. The number of nitrogens with zero attached hydrogens (tertiary/aromatic N) is 1. The van der Waals surface area contributed by atoms with E-state index in [1.807, 2.05) is 6.07 Å². The Balaban J connectivity index is 1.43. The number of hydrogen-bond acceptors (Lipinski definition) is 6. The molecule has 0 aliphatic carbocycles. The van der Waals surface area contributed by atoms with Gasteiger partial charge in [0.05, 0.1) is 33.1 Å². The molecule has 0 aromatic heterocycles. The standard InChI is InChI=1S/C26H19BrCl2FNO5S/c1-34-22-12-16(10-19(27)24(22)36-14-15-2-7-20(28)21(29)11-15)13-23-25(32)31(26(33)37-23)8-9-35-18-5-3-17(30)4-6-18/h2-7,10-13H,8-9,14H2,1H3/b23-13-. The third kappa shape index (κ3) is 6.78. The van der Waals surface area contributed by atoms with Crippen molar-refractivity contribution in [1.29, 1.82) is 0 Å². The molecule has 37 heavy (non-hydrogen) atoms. The van der Waals surface area contributed by atoms with Gasteiger partial charge in [-0.15, -0.1) is 0 Å². The van der Waals surface area contributed by atoms with Crippen LogP contribution in [0.5, 0.6) is 17.2 Å². The molecule has 3 aromatic carbocycles. The second-order valence-corrected chi connectivity index (χ2v) is 10.4. The van der Waals surface area contributed by atoms with Crippen LogP contribution in [0.15, 0.2) is 64.0 Å². The number of methoxy groups -OCH3 is 1. The quantitative estimate of drug-likeness (QED) is 0.228. The normalized spacial score (nSPS) is 14.4. The van der Waals surface area contributed by atoms with Gasteiger partial charge >= 0.3 is 0 Å². The van der Waals surface area contributed by atoms with Crippen LogP contribution in [0.4, 0.5) is 9.18 Å². The maximum Gasteiger partial charge on any atom is 0.293 e. The Morgan fingerprint density at radius 1 is 1.03 bits per heavy atom. The van der Waals surface area contributed by atoms with Crippen LogP contribution >= 0.6 is 50.9 Å². The summed E-state index contributed by atoms with van der Waals surface area (Å²) in [6, 6.07) is 14.2. The number of thioether (sulfide) groups is 1. The number of benzene rings is 3. The summed E-state index contributed by atoms with van der Waals surface area (Å²) in [7, 11) is 1.51. The molecule has 1 fully saturated rings. The van der Waals surface area contributed by atoms with E-state index < -0.39 is 11.1 Å². The summed E-state index contributed by atoms with van der Waals surface area (Å²) in [5, 5.41) is 0.491. The summed E-state index contributed by atoms with van der Waals surface area (Å²) in [4.78, 5) is 26.7. The van der Waals surface area contributed by atoms with Crippen LogP contribution in [0.25, 0.3) is 6.08 Å². The van der Waals surface area contributed by atoms with E-state index in [0.717, 1.165) is 22.2 Å². The van der Waals surface area contributed by atoms with E-state index in [-0.39, 0.29) is 30.5 Å². The molecular formula is C26H19BrCl2FNO5S. The fourth-order valence-electron chi connectivity index (χ4n) is 3.38. The van der Waals surface area contributed by atoms with E-state index in [4.69, 9.17) is 37.4 Å². The second kappa shape index (κ2) is 12.2. The third-order valence-corrected chi connectivity index (χ3v) is 7.42. The smallest absolute Gasteiger partial charge is 0.293 e. The Morgan fingerprint density at radius 3 is 2.49 bits per heavy atom. The van der Waals surface area contributed by atoms with Gasteiger partial charge in [0.2, 0.25) is 0 Å². The minimum atomic E-state index is -0.423. The van der Waals surface area contributed by atoms with Crippen LogP contribution in [0, 0.1) is 5.82 Å². The lowest BCUT2D eigenvalue weighted by atomic mass is 10.1. The highest BCUT2D eigenvalue weighted by Gasteiger charge is 2.35. The van der Waals surface area contributed by atoms with Gasteiger partial charge in [0.15, 0.2) is 11.5 Å². The van der Waals surface area contributed by atoms with E-state index in [0.29, 0.717) is 37.3 Å². The second-order valence-electron chi connectivity index (χ2n) is 7.71. The molecule has 0 N–H and O–H groups in total. The van der Waals surface area contributed by atoms with E-state index in [1.165, 1.54) is 31.4 Å². The number of hydrogen-bond donors (Lipinski definition) is 0. The van der Waals surface area contributed by atoms with Crippen LogP contribution in [0.2, 0.25) is 10.0 Å². The van der Waals surface area contributed by atoms with Crippen molar-refractivity contribution in [2.75, 3.05) is 20.3 Å². The topological polar surface area (TPSA) is 65.1 Å². The minimum Gasteiger partial charge on any atom is -0.493 e. The molecule has 0 spiro atoms. The lowest BCUT2D eigenvalue weighted by Crippen LogP contribution is -2.32. The summed E-state index contributed by atoms with van der Waals surface area (Å²) in [6.45, 7) is 0.374. The van der Waals surface area contributed by atoms with Crippen molar-refractivity contribution in [1.82, 2.24) is 4.90 Å². The third-order valence-electron chi connectivity index (χ3n) is 5.19. The van der Waals surface area contributed by atoms with E-state index in [9.17, 15) is 14.0 Å². The first-order valence-corrected chi connectivity index (χ1v) is 13.2. The van der Waals surface area contributed by atoms with Gasteiger partial charge in [0, 0.05) is 0 Å². The van der Waals surface area contributed by atoms with Crippen LogP contribution in [0.3, 0.4) is 0 Å². The Bertz CT molecular complexity index is 1370. The molecule has 192 valence electrons. The number of imide groups is 1. The van der Waals surface area contributed by atoms with Crippen molar-refractivity contribution < 1.29 is 28.2 Å². The van der Waals surface area contributed by atoms with Gasteiger partial charge in [-0.05, 0) is 93.4 Å². The van der Waals surface area contributed by atoms with Crippen molar-refractivity contribution in [3.63, 3.8) is 0 Å². The maximum absolute atomic E-state index is 13.0. The van der Waals surface area contributed by atoms with Crippen LogP contribution in [0.1, 0.15) is 11.1 Å². The summed E-state index contributed by atoms with van der Waals surface area (Å²) in [6.07, 6.45) is 1.61. The SMILES string of the molecule is COc1cc(/C=C2\SC(=O)N(CCOc3ccc(F)cc3)C2=O)cc(Br)c1OCc1ccc(Cl)c(Cl)c1. The molecule has 6 nitrogen and oxygen atoms in total. The first kappa shape index (κ1) is 27.3. The summed E-state index contributed by atoms with van der Waals surface area (Å²) < 4.78 is 30.6. The predicted octanol–water partition coefficient (Wildman–Crippen LogP) is 7.60. The molecule has 0 saturated carbocycles. The van der Waals surface area contributed by atoms with Crippen LogP contribution < -0.4 is 14.2 Å². The molecule has 3 aromatic rings. The molecular weight excluding hydrogens is 608 g/mol. The minimum absolute atomic E-state index is 0.0634. The zero-order valence-electron chi connectivity index (χ0n) is 19.3. The highest BCUT2D eigenvalue weighted by Crippen LogP contribution is 2.39. The molecule has 0 radical (unpaired) electrons. The molecule has 1 heterocycles. The zero-order chi connectivity index (χ0) is 26.5. The number of carbonyl (C=O) groups excluding carboxylic acids is 2. The maximum atomic E-state index is 13.0. The van der Waals surface area contributed by atoms with Crippen LogP contribution in [-0.4, -0.2) is 36.3 Å². The first-order valence-electron chi connectivity index (χ1n) is 10.8. The fraction of sp³-hybridized carbons (Fsp3) is 0.154. The summed E-state index contributed by atoms with van der Waals surface area (Å²) >= 11 is 16.4. The van der Waals surface area contributed by atoms with Gasteiger partial charge in [-0.25, -0.2) is 4.39 Å². The van der Waals surface area contributed by atoms with Gasteiger partial charge in [0.25, 0.3) is 11.1 Å². The monoisotopic (exact) mass is 625 g/mol. The van der Waals surface area contributed by atoms with Crippen molar-refractivity contribution in [3.8, 4) is 17.2 Å². The number of rotatable bonds is 9. The molecule has 2 amide bonds. The van der Waals surface area contributed by atoms with Crippen molar-refractivity contribution >= 4 is 68.1 Å². The molecule has 0 bridgehead atoms. The molecule has 0 atom stereocenters.